The summed E-state index contributed by atoms with van der Waals surface area (Å²) in [7, 11) is 3.38. The Balaban J connectivity index is 1.49. The lowest BCUT2D eigenvalue weighted by molar-refractivity contribution is 0.0112. The first-order valence-corrected chi connectivity index (χ1v) is 11.8. The van der Waals surface area contributed by atoms with Crippen molar-refractivity contribution in [3.63, 3.8) is 0 Å². The van der Waals surface area contributed by atoms with Crippen molar-refractivity contribution in [2.45, 2.75) is 38.0 Å². The molecule has 6 rings (SSSR count). The number of rotatable bonds is 6. The van der Waals surface area contributed by atoms with E-state index in [4.69, 9.17) is 4.74 Å². The molecule has 11 heteroatoms. The number of hydrogen-bond donors (Lipinski definition) is 2. The van der Waals surface area contributed by atoms with Crippen LogP contribution in [0.15, 0.2) is 36.8 Å². The van der Waals surface area contributed by atoms with E-state index in [1.807, 2.05) is 18.2 Å². The molecule has 3 aromatic rings. The van der Waals surface area contributed by atoms with Gasteiger partial charge in [-0.05, 0) is 38.5 Å². The first-order chi connectivity index (χ1) is 17.0. The number of ether oxygens (including phenoxy) is 1. The third-order valence-electron chi connectivity index (χ3n) is 6.61. The number of aliphatic hydroxyl groups is 1. The minimum Gasteiger partial charge on any atom is -0.489 e. The second-order valence-corrected chi connectivity index (χ2v) is 10.3. The summed E-state index contributed by atoms with van der Waals surface area (Å²) < 4.78 is 7.44. The lowest BCUT2D eigenvalue weighted by Gasteiger charge is -2.55. The highest BCUT2D eigenvalue weighted by molar-refractivity contribution is 6.04. The molecule has 0 radical (unpaired) electrons. The van der Waals surface area contributed by atoms with Crippen LogP contribution in [0.1, 0.15) is 30.6 Å². The number of aromatic nitrogens is 3. The lowest BCUT2D eigenvalue weighted by Crippen LogP contribution is -2.70. The summed E-state index contributed by atoms with van der Waals surface area (Å²) in [6.07, 6.45) is 5.00. The first kappa shape index (κ1) is 23.9. The van der Waals surface area contributed by atoms with Gasteiger partial charge in [0.05, 0.1) is 41.2 Å². The molecule has 36 heavy (non-hydrogen) atoms. The van der Waals surface area contributed by atoms with E-state index in [0.717, 1.165) is 23.4 Å². The van der Waals surface area contributed by atoms with Gasteiger partial charge in [-0.3, -0.25) is 9.69 Å². The number of amides is 2. The van der Waals surface area contributed by atoms with Gasteiger partial charge in [0, 0.05) is 44.5 Å². The SMILES string of the molecule is CN(C)C(=O)c1cnn2cc(OCC(C)(C)O)cc(-c3ccc(N4CC5CC(C4)N5C(=O)O)nc3)c12. The molecule has 6 heterocycles. The summed E-state index contributed by atoms with van der Waals surface area (Å²) in [5, 5.41) is 23.8. The Morgan fingerprint density at radius 3 is 2.50 bits per heavy atom. The van der Waals surface area contributed by atoms with Crippen molar-refractivity contribution in [2.75, 3.05) is 38.7 Å². The zero-order valence-corrected chi connectivity index (χ0v) is 20.7. The molecule has 2 amide bonds. The van der Waals surface area contributed by atoms with Gasteiger partial charge in [0.15, 0.2) is 0 Å². The quantitative estimate of drug-likeness (QED) is 0.535. The van der Waals surface area contributed by atoms with Gasteiger partial charge in [0.2, 0.25) is 0 Å². The van der Waals surface area contributed by atoms with Crippen LogP contribution < -0.4 is 9.64 Å². The van der Waals surface area contributed by atoms with Crippen LogP contribution in [0, 0.1) is 0 Å². The van der Waals surface area contributed by atoms with E-state index in [1.54, 1.807) is 44.9 Å². The summed E-state index contributed by atoms with van der Waals surface area (Å²) in [4.78, 5) is 34.1. The van der Waals surface area contributed by atoms with Crippen molar-refractivity contribution in [3.05, 3.63) is 42.4 Å². The predicted molar refractivity (Wildman–Crippen MR) is 133 cm³/mol. The van der Waals surface area contributed by atoms with E-state index >= 15 is 0 Å². The standard InChI is InChI=1S/C25H30N6O5/c1-25(2,35)14-36-18-8-19(22-20(23(32)28(3)4)10-27-30(22)13-18)15-5-6-21(26-9-15)29-11-16-7-17(12-29)31(16)24(33)34/h5-6,8-10,13,16-17,35H,7,11-12,14H2,1-4H3,(H,33,34). The number of fused-ring (bicyclic) bond motifs is 3. The van der Waals surface area contributed by atoms with Crippen LogP contribution in [0.25, 0.3) is 16.6 Å². The lowest BCUT2D eigenvalue weighted by atomic mass is 9.88. The normalized spacial score (nSPS) is 19.2. The molecule has 11 nitrogen and oxygen atoms in total. The Kier molecular flexibility index (Phi) is 5.74. The smallest absolute Gasteiger partial charge is 0.407 e. The molecule has 3 aliphatic rings. The van der Waals surface area contributed by atoms with E-state index in [-0.39, 0.29) is 24.6 Å². The molecule has 3 aliphatic heterocycles. The van der Waals surface area contributed by atoms with Crippen LogP contribution in [0.3, 0.4) is 0 Å². The molecule has 0 aromatic carbocycles. The highest BCUT2D eigenvalue weighted by atomic mass is 16.5. The maximum absolute atomic E-state index is 12.9. The average Bonchev–Trinajstić information content (AvgIpc) is 3.25. The largest absolute Gasteiger partial charge is 0.489 e. The van der Waals surface area contributed by atoms with Crippen LogP contribution in [-0.2, 0) is 0 Å². The maximum atomic E-state index is 12.9. The highest BCUT2D eigenvalue weighted by Gasteiger charge is 2.47. The minimum atomic E-state index is -1.01. The summed E-state index contributed by atoms with van der Waals surface area (Å²) in [5.74, 6) is 1.11. The second-order valence-electron chi connectivity index (χ2n) is 10.3. The molecule has 2 bridgehead atoms. The number of pyridine rings is 2. The highest BCUT2D eigenvalue weighted by Crippen LogP contribution is 2.36. The van der Waals surface area contributed by atoms with Gasteiger partial charge in [-0.1, -0.05) is 0 Å². The first-order valence-electron chi connectivity index (χ1n) is 11.8. The molecule has 2 unspecified atom stereocenters. The van der Waals surface area contributed by atoms with E-state index in [9.17, 15) is 19.8 Å². The topological polar surface area (TPSA) is 124 Å². The van der Waals surface area contributed by atoms with Gasteiger partial charge in [-0.2, -0.15) is 5.10 Å². The van der Waals surface area contributed by atoms with Crippen molar-refractivity contribution in [3.8, 4) is 16.9 Å². The Morgan fingerprint density at radius 2 is 1.92 bits per heavy atom. The monoisotopic (exact) mass is 494 g/mol. The summed E-state index contributed by atoms with van der Waals surface area (Å²) in [6, 6.07) is 5.67. The van der Waals surface area contributed by atoms with Crippen LogP contribution in [0.2, 0.25) is 0 Å². The fourth-order valence-corrected chi connectivity index (χ4v) is 4.89. The van der Waals surface area contributed by atoms with E-state index in [1.165, 1.54) is 16.0 Å². The number of piperazine rings is 1. The van der Waals surface area contributed by atoms with Gasteiger partial charge in [0.25, 0.3) is 5.91 Å². The van der Waals surface area contributed by atoms with Crippen LogP contribution in [-0.4, -0.2) is 98.1 Å². The fourth-order valence-electron chi connectivity index (χ4n) is 4.89. The molecule has 3 saturated heterocycles. The minimum absolute atomic E-state index is 0.00152. The van der Waals surface area contributed by atoms with Crippen molar-refractivity contribution >= 4 is 23.3 Å². The Hall–Kier alpha value is -3.86. The van der Waals surface area contributed by atoms with Gasteiger partial charge in [-0.15, -0.1) is 0 Å². The summed E-state index contributed by atoms with van der Waals surface area (Å²) >= 11 is 0. The van der Waals surface area contributed by atoms with Crippen LogP contribution >= 0.6 is 0 Å². The zero-order chi connectivity index (χ0) is 25.8. The number of anilines is 1. The summed E-state index contributed by atoms with van der Waals surface area (Å²) in [5.41, 5.74) is 1.58. The van der Waals surface area contributed by atoms with Gasteiger partial charge in [-0.25, -0.2) is 14.3 Å². The predicted octanol–water partition coefficient (Wildman–Crippen LogP) is 2.19. The zero-order valence-electron chi connectivity index (χ0n) is 20.7. The molecule has 0 saturated carbocycles. The molecular weight excluding hydrogens is 464 g/mol. The van der Waals surface area contributed by atoms with Gasteiger partial charge < -0.3 is 24.7 Å². The van der Waals surface area contributed by atoms with Crippen molar-refractivity contribution in [1.82, 2.24) is 24.4 Å². The number of piperidine rings is 1. The van der Waals surface area contributed by atoms with E-state index < -0.39 is 11.7 Å². The summed E-state index contributed by atoms with van der Waals surface area (Å²) in [6.45, 7) is 4.65. The average molecular weight is 495 g/mol. The molecule has 190 valence electrons. The van der Waals surface area contributed by atoms with Crippen molar-refractivity contribution in [2.24, 2.45) is 0 Å². The Labute approximate surface area is 208 Å². The van der Waals surface area contributed by atoms with Crippen molar-refractivity contribution < 1.29 is 24.5 Å². The molecule has 0 aliphatic carbocycles. The van der Waals surface area contributed by atoms with Crippen molar-refractivity contribution in [1.29, 1.82) is 0 Å². The third kappa shape index (κ3) is 4.30. The number of carboxylic acid groups (broad SMARTS) is 1. The van der Waals surface area contributed by atoms with E-state index in [0.29, 0.717) is 29.9 Å². The number of carbonyl (C=O) groups is 2. The maximum Gasteiger partial charge on any atom is 0.407 e. The van der Waals surface area contributed by atoms with Gasteiger partial charge in [0.1, 0.15) is 18.2 Å². The van der Waals surface area contributed by atoms with E-state index in [2.05, 4.69) is 15.0 Å². The Bertz CT molecular complexity index is 1300. The van der Waals surface area contributed by atoms with Gasteiger partial charge >= 0.3 is 6.09 Å². The third-order valence-corrected chi connectivity index (χ3v) is 6.61. The number of carbonyl (C=O) groups excluding carboxylic acids is 1. The molecular formula is C25H30N6O5. The second kappa shape index (κ2) is 8.66. The molecule has 3 aromatic heterocycles. The van der Waals surface area contributed by atoms with Crippen LogP contribution in [0.4, 0.5) is 10.6 Å². The molecule has 0 spiro atoms. The number of nitrogens with zero attached hydrogens (tertiary/aromatic N) is 6. The van der Waals surface area contributed by atoms with Crippen LogP contribution in [0.5, 0.6) is 5.75 Å². The molecule has 2 N–H and O–H groups in total. The molecule has 2 atom stereocenters. The fraction of sp³-hybridized carbons (Fsp3) is 0.440. The Morgan fingerprint density at radius 1 is 1.19 bits per heavy atom. The molecule has 3 fully saturated rings. The number of hydrogen-bond acceptors (Lipinski definition) is 7.